The highest BCUT2D eigenvalue weighted by molar-refractivity contribution is 5.37. The predicted octanol–water partition coefficient (Wildman–Crippen LogP) is 5.51. The normalized spacial score (nSPS) is 10.8. The van der Waals surface area contributed by atoms with Gasteiger partial charge in [-0.3, -0.25) is 0 Å². The Balaban J connectivity index is 2.36. The number of benzene rings is 1. The highest BCUT2D eigenvalue weighted by atomic mass is 14.1. The van der Waals surface area contributed by atoms with E-state index in [9.17, 15) is 0 Å². The number of hydrogen-bond donors (Lipinski definition) is 0. The zero-order valence-electron chi connectivity index (χ0n) is 12.1. The third-order valence-corrected chi connectivity index (χ3v) is 3.72. The molecule has 0 nitrogen and oxygen atoms in total. The summed E-state index contributed by atoms with van der Waals surface area (Å²) in [4.78, 5) is 0. The van der Waals surface area contributed by atoms with Crippen molar-refractivity contribution in [3.05, 3.63) is 34.4 Å². The molecule has 0 aromatic heterocycles. The minimum atomic E-state index is 1.26. The van der Waals surface area contributed by atoms with Gasteiger partial charge in [0, 0.05) is 0 Å². The molecule has 0 aliphatic rings. The fourth-order valence-corrected chi connectivity index (χ4v) is 2.48. The standard InChI is InChI=1S/C17H28/c1-5-6-7-8-9-10-11-17-13-14(2)12-15(3)16(17)4/h12-13H,5-11H2,1-4H3. The fourth-order valence-electron chi connectivity index (χ4n) is 2.48. The van der Waals surface area contributed by atoms with Gasteiger partial charge >= 0.3 is 0 Å². The van der Waals surface area contributed by atoms with Crippen molar-refractivity contribution in [2.45, 2.75) is 72.6 Å². The van der Waals surface area contributed by atoms with Gasteiger partial charge < -0.3 is 0 Å². The van der Waals surface area contributed by atoms with E-state index in [4.69, 9.17) is 0 Å². The maximum atomic E-state index is 2.37. The molecule has 0 aliphatic carbocycles. The van der Waals surface area contributed by atoms with Crippen molar-refractivity contribution < 1.29 is 0 Å². The Hall–Kier alpha value is -0.780. The molecule has 0 amide bonds. The molecule has 17 heavy (non-hydrogen) atoms. The van der Waals surface area contributed by atoms with Crippen LogP contribution >= 0.6 is 0 Å². The fraction of sp³-hybridized carbons (Fsp3) is 0.647. The minimum absolute atomic E-state index is 1.26. The summed E-state index contributed by atoms with van der Waals surface area (Å²) in [7, 11) is 0. The molecule has 0 atom stereocenters. The van der Waals surface area contributed by atoms with Crippen LogP contribution in [0.25, 0.3) is 0 Å². The molecule has 1 aromatic carbocycles. The molecule has 96 valence electrons. The summed E-state index contributed by atoms with van der Waals surface area (Å²) in [5.41, 5.74) is 5.93. The first-order chi connectivity index (χ1) is 8.15. The molecule has 0 unspecified atom stereocenters. The van der Waals surface area contributed by atoms with Gasteiger partial charge in [0.1, 0.15) is 0 Å². The Kier molecular flexibility index (Phi) is 6.32. The first kappa shape index (κ1) is 14.3. The van der Waals surface area contributed by atoms with Gasteiger partial charge in [0.2, 0.25) is 0 Å². The van der Waals surface area contributed by atoms with Gasteiger partial charge in [0.25, 0.3) is 0 Å². The van der Waals surface area contributed by atoms with Crippen LogP contribution in [0.3, 0.4) is 0 Å². The Labute approximate surface area is 107 Å². The Morgan fingerprint density at radius 1 is 0.824 bits per heavy atom. The highest BCUT2D eigenvalue weighted by Gasteiger charge is 2.02. The molecule has 0 fully saturated rings. The summed E-state index contributed by atoms with van der Waals surface area (Å²) in [6.45, 7) is 8.98. The third kappa shape index (κ3) is 4.93. The number of hydrogen-bond acceptors (Lipinski definition) is 0. The largest absolute Gasteiger partial charge is 0.0654 e. The quantitative estimate of drug-likeness (QED) is 0.543. The molecule has 0 saturated carbocycles. The highest BCUT2D eigenvalue weighted by Crippen LogP contribution is 2.18. The summed E-state index contributed by atoms with van der Waals surface area (Å²) >= 11 is 0. The van der Waals surface area contributed by atoms with E-state index in [0.29, 0.717) is 0 Å². The molecule has 0 bridgehead atoms. The second-order valence-electron chi connectivity index (χ2n) is 5.38. The van der Waals surface area contributed by atoms with E-state index in [1.54, 1.807) is 5.56 Å². The molecule has 0 saturated heterocycles. The van der Waals surface area contributed by atoms with Crippen LogP contribution in [0.1, 0.15) is 67.7 Å². The molecule has 0 spiro atoms. The van der Waals surface area contributed by atoms with Gasteiger partial charge in [-0.15, -0.1) is 0 Å². The predicted molar refractivity (Wildman–Crippen MR) is 77.7 cm³/mol. The summed E-state index contributed by atoms with van der Waals surface area (Å²) in [5, 5.41) is 0. The summed E-state index contributed by atoms with van der Waals surface area (Å²) < 4.78 is 0. The van der Waals surface area contributed by atoms with Crippen molar-refractivity contribution in [2.24, 2.45) is 0 Å². The third-order valence-electron chi connectivity index (χ3n) is 3.72. The van der Waals surface area contributed by atoms with Crippen LogP contribution in [0, 0.1) is 20.8 Å². The van der Waals surface area contributed by atoms with Crippen LogP contribution in [0.4, 0.5) is 0 Å². The first-order valence-corrected chi connectivity index (χ1v) is 7.22. The molecular weight excluding hydrogens is 204 g/mol. The average molecular weight is 232 g/mol. The van der Waals surface area contributed by atoms with Crippen LogP contribution in [-0.4, -0.2) is 0 Å². The van der Waals surface area contributed by atoms with E-state index < -0.39 is 0 Å². The smallest absolute Gasteiger partial charge is 0.0276 e. The van der Waals surface area contributed by atoms with Crippen LogP contribution in [0.15, 0.2) is 12.1 Å². The van der Waals surface area contributed by atoms with Crippen LogP contribution in [-0.2, 0) is 6.42 Å². The topological polar surface area (TPSA) is 0 Å². The second-order valence-corrected chi connectivity index (χ2v) is 5.38. The molecule has 0 N–H and O–H groups in total. The number of aryl methyl sites for hydroxylation is 3. The molecule has 1 rings (SSSR count). The van der Waals surface area contributed by atoms with Crippen LogP contribution in [0.2, 0.25) is 0 Å². The van der Waals surface area contributed by atoms with Crippen molar-refractivity contribution in [3.63, 3.8) is 0 Å². The lowest BCUT2D eigenvalue weighted by Crippen LogP contribution is -1.94. The maximum Gasteiger partial charge on any atom is -0.0276 e. The zero-order chi connectivity index (χ0) is 12.7. The SMILES string of the molecule is CCCCCCCCc1cc(C)cc(C)c1C. The first-order valence-electron chi connectivity index (χ1n) is 7.22. The van der Waals surface area contributed by atoms with E-state index in [1.807, 2.05) is 0 Å². The van der Waals surface area contributed by atoms with E-state index >= 15 is 0 Å². The lowest BCUT2D eigenvalue weighted by Gasteiger charge is -2.10. The number of unbranched alkanes of at least 4 members (excludes halogenated alkanes) is 5. The summed E-state index contributed by atoms with van der Waals surface area (Å²) in [5.74, 6) is 0. The van der Waals surface area contributed by atoms with Crippen molar-refractivity contribution in [1.29, 1.82) is 0 Å². The van der Waals surface area contributed by atoms with Gasteiger partial charge in [-0.05, 0) is 50.3 Å². The molecule has 0 heterocycles. The average Bonchev–Trinajstić information content (AvgIpc) is 2.29. The molecular formula is C17H28. The zero-order valence-corrected chi connectivity index (χ0v) is 12.1. The lowest BCUT2D eigenvalue weighted by atomic mass is 9.96. The van der Waals surface area contributed by atoms with Crippen molar-refractivity contribution in [2.75, 3.05) is 0 Å². The van der Waals surface area contributed by atoms with E-state index in [2.05, 4.69) is 39.8 Å². The number of rotatable bonds is 7. The van der Waals surface area contributed by atoms with Crippen LogP contribution in [0.5, 0.6) is 0 Å². The van der Waals surface area contributed by atoms with Gasteiger partial charge in [-0.1, -0.05) is 56.7 Å². The van der Waals surface area contributed by atoms with Crippen molar-refractivity contribution in [3.8, 4) is 0 Å². The van der Waals surface area contributed by atoms with Gasteiger partial charge in [0.05, 0.1) is 0 Å². The molecule has 0 heteroatoms. The summed E-state index contributed by atoms with van der Waals surface area (Å²) in [6.07, 6.45) is 9.60. The minimum Gasteiger partial charge on any atom is -0.0654 e. The lowest BCUT2D eigenvalue weighted by molar-refractivity contribution is 0.607. The van der Waals surface area contributed by atoms with E-state index in [-0.39, 0.29) is 0 Å². The Morgan fingerprint density at radius 2 is 1.47 bits per heavy atom. The maximum absolute atomic E-state index is 2.37. The Morgan fingerprint density at radius 3 is 2.18 bits per heavy atom. The Bertz CT molecular complexity index is 336. The van der Waals surface area contributed by atoms with Crippen LogP contribution < -0.4 is 0 Å². The van der Waals surface area contributed by atoms with Crippen molar-refractivity contribution in [1.82, 2.24) is 0 Å². The van der Waals surface area contributed by atoms with E-state index in [1.165, 1.54) is 61.6 Å². The van der Waals surface area contributed by atoms with Gasteiger partial charge in [0.15, 0.2) is 0 Å². The van der Waals surface area contributed by atoms with Gasteiger partial charge in [-0.2, -0.15) is 0 Å². The molecule has 0 aliphatic heterocycles. The molecule has 0 radical (unpaired) electrons. The van der Waals surface area contributed by atoms with Gasteiger partial charge in [-0.25, -0.2) is 0 Å². The summed E-state index contributed by atoms with van der Waals surface area (Å²) in [6, 6.07) is 4.66. The van der Waals surface area contributed by atoms with E-state index in [0.717, 1.165) is 0 Å². The molecule has 1 aromatic rings. The second kappa shape index (κ2) is 7.53. The van der Waals surface area contributed by atoms with Crippen molar-refractivity contribution >= 4 is 0 Å². The monoisotopic (exact) mass is 232 g/mol.